The van der Waals surface area contributed by atoms with Gasteiger partial charge in [-0.25, -0.2) is 0 Å². The Bertz CT molecular complexity index is 500. The number of rotatable bonds is 29. The predicted octanol–water partition coefficient (Wildman–Crippen LogP) is 13.9. The number of hydrogen-bond acceptors (Lipinski definition) is 0. The van der Waals surface area contributed by atoms with Gasteiger partial charge in [0, 0.05) is 0 Å². The highest BCUT2D eigenvalue weighted by Gasteiger charge is 2.11. The fourth-order valence-corrected chi connectivity index (χ4v) is 5.41. The highest BCUT2D eigenvalue weighted by atomic mass is 14.2. The van der Waals surface area contributed by atoms with Gasteiger partial charge in [-0.05, 0) is 103 Å². The second kappa shape index (κ2) is 32.2. The Balaban J connectivity index is 3.55. The van der Waals surface area contributed by atoms with Gasteiger partial charge in [0.2, 0.25) is 0 Å². The summed E-state index contributed by atoms with van der Waals surface area (Å²) in [6.07, 6.45) is 51.9. The lowest BCUT2D eigenvalue weighted by Crippen LogP contribution is -2.08. The minimum atomic E-state index is 0.808. The molecule has 38 heavy (non-hydrogen) atoms. The van der Waals surface area contributed by atoms with Crippen molar-refractivity contribution < 1.29 is 0 Å². The lowest BCUT2D eigenvalue weighted by Gasteiger charge is -2.19. The Hall–Kier alpha value is -1.04. The van der Waals surface area contributed by atoms with E-state index in [-0.39, 0.29) is 0 Å². The zero-order valence-corrected chi connectivity index (χ0v) is 26.7. The largest absolute Gasteiger partial charge is 0.0917 e. The van der Waals surface area contributed by atoms with Gasteiger partial charge in [-0.2, -0.15) is 0 Å². The summed E-state index contributed by atoms with van der Waals surface area (Å²) in [6.45, 7) is 9.08. The minimum absolute atomic E-state index is 0.808. The highest BCUT2D eigenvalue weighted by Crippen LogP contribution is 2.23. The molecule has 0 aromatic carbocycles. The molecule has 0 radical (unpaired) electrons. The Labute approximate surface area is 241 Å². The maximum absolute atomic E-state index is 2.47. The molecule has 0 N–H and O–H groups in total. The lowest BCUT2D eigenvalue weighted by molar-refractivity contribution is 0.341. The first-order valence-corrected chi connectivity index (χ1v) is 17.2. The van der Waals surface area contributed by atoms with E-state index < -0.39 is 0 Å². The summed E-state index contributed by atoms with van der Waals surface area (Å²) in [5, 5.41) is 0. The standard InChI is InChI=1S/C38H70/c1-5-7-9-11-13-15-17-19-21-23-25-27-29-31-33-35-38(37(3)4)36-34-32-30-28-26-24-22-20-18-16-14-12-10-8-6-2/h5-8,29-32,37-38H,9-28,33-36H2,1-4H3/b7-5+,8-6+,31-29+,32-30+. The van der Waals surface area contributed by atoms with Gasteiger partial charge in [-0.3, -0.25) is 0 Å². The van der Waals surface area contributed by atoms with Crippen molar-refractivity contribution in [1.82, 2.24) is 0 Å². The minimum Gasteiger partial charge on any atom is -0.0917 e. The SMILES string of the molecule is C/C=C/CCCCCCCCCC/C=C/CCC(CC/C=C/CCCCCCCCCC/C=C/C)C(C)C. The molecule has 0 bridgehead atoms. The quantitative estimate of drug-likeness (QED) is 0.0671. The first-order chi connectivity index (χ1) is 18.7. The summed E-state index contributed by atoms with van der Waals surface area (Å²) in [4.78, 5) is 0. The molecule has 0 aromatic heterocycles. The van der Waals surface area contributed by atoms with Crippen LogP contribution in [0.3, 0.4) is 0 Å². The van der Waals surface area contributed by atoms with Crippen molar-refractivity contribution >= 4 is 0 Å². The van der Waals surface area contributed by atoms with Crippen LogP contribution in [0.15, 0.2) is 48.6 Å². The van der Waals surface area contributed by atoms with Crippen molar-refractivity contribution in [3.63, 3.8) is 0 Å². The van der Waals surface area contributed by atoms with Crippen LogP contribution in [0.1, 0.15) is 182 Å². The average molecular weight is 527 g/mol. The summed E-state index contributed by atoms with van der Waals surface area (Å²) in [5.74, 6) is 1.68. The van der Waals surface area contributed by atoms with Gasteiger partial charge in [0.05, 0.1) is 0 Å². The number of hydrogen-bond donors (Lipinski definition) is 0. The van der Waals surface area contributed by atoms with E-state index >= 15 is 0 Å². The normalized spacial score (nSPS) is 12.7. The topological polar surface area (TPSA) is 0 Å². The lowest BCUT2D eigenvalue weighted by atomic mass is 9.87. The molecule has 0 heterocycles. The van der Waals surface area contributed by atoms with Crippen LogP contribution in [0, 0.1) is 11.8 Å². The van der Waals surface area contributed by atoms with Crippen LogP contribution in [-0.2, 0) is 0 Å². The van der Waals surface area contributed by atoms with Gasteiger partial charge in [0.1, 0.15) is 0 Å². The summed E-state index contributed by atoms with van der Waals surface area (Å²) >= 11 is 0. The fourth-order valence-electron chi connectivity index (χ4n) is 5.41. The molecule has 0 fully saturated rings. The molecule has 0 spiro atoms. The predicted molar refractivity (Wildman–Crippen MR) is 177 cm³/mol. The van der Waals surface area contributed by atoms with Crippen molar-refractivity contribution in [3.05, 3.63) is 48.6 Å². The molecular formula is C38H70. The van der Waals surface area contributed by atoms with Gasteiger partial charge < -0.3 is 0 Å². The first kappa shape index (κ1) is 37.0. The van der Waals surface area contributed by atoms with Crippen molar-refractivity contribution in [2.45, 2.75) is 182 Å². The highest BCUT2D eigenvalue weighted by molar-refractivity contribution is 4.85. The molecule has 0 saturated carbocycles. The molecule has 0 aliphatic rings. The summed E-state index contributed by atoms with van der Waals surface area (Å²) in [6, 6.07) is 0. The zero-order chi connectivity index (χ0) is 27.8. The van der Waals surface area contributed by atoms with Crippen LogP contribution in [-0.4, -0.2) is 0 Å². The van der Waals surface area contributed by atoms with Gasteiger partial charge in [0.25, 0.3) is 0 Å². The molecule has 0 nitrogen and oxygen atoms in total. The molecule has 222 valence electrons. The van der Waals surface area contributed by atoms with Crippen LogP contribution >= 0.6 is 0 Å². The molecular weight excluding hydrogens is 456 g/mol. The molecule has 0 heteroatoms. The van der Waals surface area contributed by atoms with Crippen LogP contribution in [0.2, 0.25) is 0 Å². The molecule has 0 unspecified atom stereocenters. The first-order valence-electron chi connectivity index (χ1n) is 17.2. The average Bonchev–Trinajstić information content (AvgIpc) is 2.91. The van der Waals surface area contributed by atoms with Crippen molar-refractivity contribution in [3.8, 4) is 0 Å². The van der Waals surface area contributed by atoms with Crippen molar-refractivity contribution in [2.75, 3.05) is 0 Å². The third-order valence-electron chi connectivity index (χ3n) is 8.14. The van der Waals surface area contributed by atoms with Gasteiger partial charge in [0.15, 0.2) is 0 Å². The third kappa shape index (κ3) is 29.5. The van der Waals surface area contributed by atoms with Crippen LogP contribution in [0.4, 0.5) is 0 Å². The second-order valence-corrected chi connectivity index (χ2v) is 12.1. The summed E-state index contributed by atoms with van der Waals surface area (Å²) < 4.78 is 0. The smallest absolute Gasteiger partial charge is 0.0348 e. The van der Waals surface area contributed by atoms with Crippen molar-refractivity contribution in [2.24, 2.45) is 11.8 Å². The van der Waals surface area contributed by atoms with Gasteiger partial charge >= 0.3 is 0 Å². The molecule has 0 aliphatic carbocycles. The van der Waals surface area contributed by atoms with E-state index in [9.17, 15) is 0 Å². The monoisotopic (exact) mass is 527 g/mol. The van der Waals surface area contributed by atoms with E-state index in [1.54, 1.807) is 0 Å². The Morgan fingerprint density at radius 1 is 0.342 bits per heavy atom. The molecule has 0 rings (SSSR count). The Morgan fingerprint density at radius 3 is 0.895 bits per heavy atom. The van der Waals surface area contributed by atoms with E-state index in [4.69, 9.17) is 0 Å². The second-order valence-electron chi connectivity index (χ2n) is 12.1. The molecule has 0 atom stereocenters. The maximum Gasteiger partial charge on any atom is -0.0348 e. The Morgan fingerprint density at radius 2 is 0.605 bits per heavy atom. The number of unbranched alkanes of at least 4 members (excludes halogenated alkanes) is 18. The summed E-state index contributed by atoms with van der Waals surface area (Å²) in [7, 11) is 0. The van der Waals surface area contributed by atoms with Crippen LogP contribution < -0.4 is 0 Å². The Kier molecular flexibility index (Phi) is 31.3. The van der Waals surface area contributed by atoms with E-state index in [0.717, 1.165) is 11.8 Å². The van der Waals surface area contributed by atoms with Crippen LogP contribution in [0.25, 0.3) is 0 Å². The van der Waals surface area contributed by atoms with Gasteiger partial charge in [-0.15, -0.1) is 0 Å². The van der Waals surface area contributed by atoms with E-state index in [1.807, 2.05) is 0 Å². The fraction of sp³-hybridized carbons (Fsp3) is 0.789. The van der Waals surface area contributed by atoms with E-state index in [1.165, 1.54) is 154 Å². The molecule has 0 aliphatic heterocycles. The molecule has 0 saturated heterocycles. The maximum atomic E-state index is 2.47. The number of allylic oxidation sites excluding steroid dienone is 8. The third-order valence-corrected chi connectivity index (χ3v) is 8.14. The van der Waals surface area contributed by atoms with Gasteiger partial charge in [-0.1, -0.05) is 140 Å². The molecule has 0 amide bonds. The van der Waals surface area contributed by atoms with Crippen molar-refractivity contribution in [1.29, 1.82) is 0 Å². The van der Waals surface area contributed by atoms with Crippen LogP contribution in [0.5, 0.6) is 0 Å². The van der Waals surface area contributed by atoms with E-state index in [2.05, 4.69) is 76.3 Å². The molecule has 0 aromatic rings. The summed E-state index contributed by atoms with van der Waals surface area (Å²) in [5.41, 5.74) is 0. The van der Waals surface area contributed by atoms with E-state index in [0.29, 0.717) is 0 Å². The zero-order valence-electron chi connectivity index (χ0n) is 26.7.